The quantitative estimate of drug-likeness (QED) is 0.629. The van der Waals surface area contributed by atoms with Gasteiger partial charge in [-0.05, 0) is 12.3 Å². The van der Waals surface area contributed by atoms with Crippen molar-refractivity contribution in [2.45, 2.75) is 39.5 Å². The third-order valence-corrected chi connectivity index (χ3v) is 2.23. The molecule has 0 aromatic rings. The van der Waals surface area contributed by atoms with Gasteiger partial charge in [0.1, 0.15) is 0 Å². The molecule has 3 N–H and O–H groups in total. The minimum absolute atomic E-state index is 0.0806. The van der Waals surface area contributed by atoms with E-state index in [-0.39, 0.29) is 5.91 Å². The van der Waals surface area contributed by atoms with Crippen molar-refractivity contribution in [1.29, 1.82) is 0 Å². The fourth-order valence-corrected chi connectivity index (χ4v) is 1.34. The first-order chi connectivity index (χ1) is 6.24. The third-order valence-electron chi connectivity index (χ3n) is 2.23. The van der Waals surface area contributed by atoms with Crippen LogP contribution in [0.2, 0.25) is 0 Å². The highest BCUT2D eigenvalue weighted by atomic mass is 16.1. The summed E-state index contributed by atoms with van der Waals surface area (Å²) in [5.74, 6) is 0.712. The van der Waals surface area contributed by atoms with Crippen LogP contribution in [-0.4, -0.2) is 19.0 Å². The van der Waals surface area contributed by atoms with Crippen molar-refractivity contribution in [3.63, 3.8) is 0 Å². The Bertz CT molecular complexity index is 137. The second kappa shape index (κ2) is 8.05. The molecule has 0 saturated heterocycles. The van der Waals surface area contributed by atoms with Gasteiger partial charge in [0.15, 0.2) is 0 Å². The molecule has 0 radical (unpaired) electrons. The molecule has 0 aliphatic rings. The average Bonchev–Trinajstić information content (AvgIpc) is 2.12. The molecule has 0 heterocycles. The van der Waals surface area contributed by atoms with E-state index >= 15 is 0 Å². The number of nitrogens with one attached hydrogen (secondary N) is 1. The van der Waals surface area contributed by atoms with Crippen LogP contribution in [0.1, 0.15) is 39.5 Å². The molecule has 0 rings (SSSR count). The zero-order valence-corrected chi connectivity index (χ0v) is 8.81. The largest absolute Gasteiger partial charge is 0.356 e. The van der Waals surface area contributed by atoms with Crippen molar-refractivity contribution in [2.75, 3.05) is 13.1 Å². The molecule has 78 valence electrons. The van der Waals surface area contributed by atoms with Crippen LogP contribution in [0, 0.1) is 5.92 Å². The lowest BCUT2D eigenvalue weighted by atomic mass is 10.0. The van der Waals surface area contributed by atoms with Gasteiger partial charge in [0.2, 0.25) is 5.91 Å². The van der Waals surface area contributed by atoms with Gasteiger partial charge < -0.3 is 11.1 Å². The molecule has 0 spiro atoms. The summed E-state index contributed by atoms with van der Waals surface area (Å²) in [6, 6.07) is 0. The van der Waals surface area contributed by atoms with Crippen molar-refractivity contribution >= 4 is 5.91 Å². The maximum absolute atomic E-state index is 11.1. The summed E-state index contributed by atoms with van der Waals surface area (Å²) in [6.07, 6.45) is 3.96. The number of carbonyl (C=O) groups excluding carboxylic acids is 1. The summed E-state index contributed by atoms with van der Waals surface area (Å²) in [6.45, 7) is 5.58. The Kier molecular flexibility index (Phi) is 7.69. The fraction of sp³-hybridized carbons (Fsp3) is 0.900. The van der Waals surface area contributed by atoms with Crippen molar-refractivity contribution in [3.05, 3.63) is 0 Å². The highest BCUT2D eigenvalue weighted by Crippen LogP contribution is 2.08. The van der Waals surface area contributed by atoms with Gasteiger partial charge in [0.25, 0.3) is 0 Å². The van der Waals surface area contributed by atoms with Gasteiger partial charge in [-0.1, -0.05) is 26.7 Å². The Labute approximate surface area is 81.1 Å². The van der Waals surface area contributed by atoms with Crippen LogP contribution in [0.15, 0.2) is 0 Å². The predicted octanol–water partition coefficient (Wildman–Crippen LogP) is 1.28. The van der Waals surface area contributed by atoms with Crippen LogP contribution in [0.3, 0.4) is 0 Å². The van der Waals surface area contributed by atoms with Crippen molar-refractivity contribution < 1.29 is 4.79 Å². The van der Waals surface area contributed by atoms with Crippen molar-refractivity contribution in [1.82, 2.24) is 5.32 Å². The molecule has 3 nitrogen and oxygen atoms in total. The number of carbonyl (C=O) groups is 1. The molecule has 0 fully saturated rings. The standard InChI is InChI=1S/C10H22N2O/c1-3-5-9(4-2)8-12-10(13)6-7-11/h9H,3-8,11H2,1-2H3,(H,12,13). The van der Waals surface area contributed by atoms with E-state index < -0.39 is 0 Å². The second-order valence-corrected chi connectivity index (χ2v) is 3.41. The lowest BCUT2D eigenvalue weighted by Crippen LogP contribution is -2.30. The molecule has 1 atom stereocenters. The lowest BCUT2D eigenvalue weighted by Gasteiger charge is -2.14. The van der Waals surface area contributed by atoms with E-state index in [1.165, 1.54) is 12.8 Å². The molecule has 0 aliphatic heterocycles. The minimum Gasteiger partial charge on any atom is -0.356 e. The molecule has 1 unspecified atom stereocenters. The van der Waals surface area contributed by atoms with Gasteiger partial charge in [-0.15, -0.1) is 0 Å². The number of rotatable bonds is 7. The third kappa shape index (κ3) is 6.58. The van der Waals surface area contributed by atoms with E-state index in [1.54, 1.807) is 0 Å². The zero-order valence-electron chi connectivity index (χ0n) is 8.81. The van der Waals surface area contributed by atoms with Crippen LogP contribution in [0.25, 0.3) is 0 Å². The Morgan fingerprint density at radius 2 is 2.15 bits per heavy atom. The first-order valence-corrected chi connectivity index (χ1v) is 5.21. The summed E-state index contributed by atoms with van der Waals surface area (Å²) in [7, 11) is 0. The summed E-state index contributed by atoms with van der Waals surface area (Å²) in [5.41, 5.74) is 5.27. The van der Waals surface area contributed by atoms with Crippen LogP contribution in [0.4, 0.5) is 0 Å². The minimum atomic E-state index is 0.0806. The van der Waals surface area contributed by atoms with E-state index in [9.17, 15) is 4.79 Å². The fourth-order valence-electron chi connectivity index (χ4n) is 1.34. The molecule has 0 aromatic carbocycles. The van der Waals surface area contributed by atoms with Crippen LogP contribution in [0.5, 0.6) is 0 Å². The highest BCUT2D eigenvalue weighted by molar-refractivity contribution is 5.75. The molecule has 13 heavy (non-hydrogen) atoms. The van der Waals surface area contributed by atoms with E-state index in [4.69, 9.17) is 5.73 Å². The topological polar surface area (TPSA) is 55.1 Å². The molecule has 3 heteroatoms. The van der Waals surface area contributed by atoms with Crippen molar-refractivity contribution in [2.24, 2.45) is 11.7 Å². The Hall–Kier alpha value is -0.570. The van der Waals surface area contributed by atoms with Crippen LogP contribution in [-0.2, 0) is 4.79 Å². The number of hydrogen-bond donors (Lipinski definition) is 2. The van der Waals surface area contributed by atoms with Gasteiger partial charge in [0, 0.05) is 19.5 Å². The Morgan fingerprint density at radius 3 is 2.62 bits per heavy atom. The van der Waals surface area contributed by atoms with E-state index in [1.807, 2.05) is 0 Å². The van der Waals surface area contributed by atoms with Gasteiger partial charge >= 0.3 is 0 Å². The first-order valence-electron chi connectivity index (χ1n) is 5.21. The lowest BCUT2D eigenvalue weighted by molar-refractivity contribution is -0.121. The van der Waals surface area contributed by atoms with Gasteiger partial charge in [-0.2, -0.15) is 0 Å². The number of amides is 1. The Balaban J connectivity index is 3.52. The van der Waals surface area contributed by atoms with E-state index in [0.29, 0.717) is 18.9 Å². The molecule has 0 aliphatic carbocycles. The smallest absolute Gasteiger partial charge is 0.221 e. The van der Waals surface area contributed by atoms with Gasteiger partial charge in [0.05, 0.1) is 0 Å². The van der Waals surface area contributed by atoms with Gasteiger partial charge in [-0.25, -0.2) is 0 Å². The molecular formula is C10H22N2O. The summed E-state index contributed by atoms with van der Waals surface area (Å²) in [5, 5.41) is 2.90. The molecule has 0 saturated carbocycles. The van der Waals surface area contributed by atoms with E-state index in [0.717, 1.165) is 13.0 Å². The predicted molar refractivity (Wildman–Crippen MR) is 55.4 cm³/mol. The molecule has 1 amide bonds. The molecule has 0 bridgehead atoms. The van der Waals surface area contributed by atoms with Gasteiger partial charge in [-0.3, -0.25) is 4.79 Å². The van der Waals surface area contributed by atoms with Crippen LogP contribution < -0.4 is 11.1 Å². The molecular weight excluding hydrogens is 164 g/mol. The summed E-state index contributed by atoms with van der Waals surface area (Å²) < 4.78 is 0. The average molecular weight is 186 g/mol. The normalized spacial score (nSPS) is 12.5. The highest BCUT2D eigenvalue weighted by Gasteiger charge is 2.06. The number of nitrogens with two attached hydrogens (primary N) is 1. The monoisotopic (exact) mass is 186 g/mol. The van der Waals surface area contributed by atoms with Crippen molar-refractivity contribution in [3.8, 4) is 0 Å². The van der Waals surface area contributed by atoms with E-state index in [2.05, 4.69) is 19.2 Å². The Morgan fingerprint density at radius 1 is 1.46 bits per heavy atom. The maximum atomic E-state index is 11.1. The SMILES string of the molecule is CCCC(CC)CNC(=O)CCN. The summed E-state index contributed by atoms with van der Waals surface area (Å²) >= 11 is 0. The number of hydrogen-bond acceptors (Lipinski definition) is 2. The maximum Gasteiger partial charge on any atom is 0.221 e. The first kappa shape index (κ1) is 12.4. The zero-order chi connectivity index (χ0) is 10.1. The second-order valence-electron chi connectivity index (χ2n) is 3.41. The molecule has 0 aromatic heterocycles. The van der Waals surface area contributed by atoms with Crippen LogP contribution >= 0.6 is 0 Å². The summed E-state index contributed by atoms with van der Waals surface area (Å²) in [4.78, 5) is 11.1.